The highest BCUT2D eigenvalue weighted by atomic mass is 35.5. The van der Waals surface area contributed by atoms with Crippen molar-refractivity contribution in [3.8, 4) is 11.4 Å². The lowest BCUT2D eigenvalue weighted by atomic mass is 10.1. The number of nitrogens with zero attached hydrogens (tertiary/aromatic N) is 4. The van der Waals surface area contributed by atoms with Gasteiger partial charge in [0.1, 0.15) is 44.0 Å². The zero-order valence-corrected chi connectivity index (χ0v) is 17.9. The van der Waals surface area contributed by atoms with Crippen LogP contribution in [0.2, 0.25) is 5.15 Å². The van der Waals surface area contributed by atoms with Gasteiger partial charge >= 0.3 is 0 Å². The Bertz CT molecular complexity index is 1120. The van der Waals surface area contributed by atoms with Crippen molar-refractivity contribution in [3.63, 3.8) is 0 Å². The summed E-state index contributed by atoms with van der Waals surface area (Å²) in [4.78, 5) is 22.0. The monoisotopic (exact) mass is 416 g/mol. The number of rotatable bonds is 3. The second kappa shape index (κ2) is 7.66. The fourth-order valence-electron chi connectivity index (χ4n) is 2.64. The highest BCUT2D eigenvalue weighted by molar-refractivity contribution is 7.91. The maximum atomic E-state index is 13.0. The van der Waals surface area contributed by atoms with E-state index in [0.717, 1.165) is 5.56 Å². The number of pyridine rings is 1. The molecule has 1 atom stereocenters. The highest BCUT2D eigenvalue weighted by Gasteiger charge is 2.27. The molecule has 1 unspecified atom stereocenters. The van der Waals surface area contributed by atoms with Crippen LogP contribution in [0.1, 0.15) is 33.4 Å². The first-order valence-corrected chi connectivity index (χ1v) is 10.2. The Labute approximate surface area is 171 Å². The van der Waals surface area contributed by atoms with Crippen molar-refractivity contribution < 1.29 is 4.55 Å². The van der Waals surface area contributed by atoms with Gasteiger partial charge in [0.25, 0.3) is 5.56 Å². The SMILES string of the molecule is CC(=N[S+]([O-])C(C)(C)C)c1nc(Cl)cc2c(=O)n(C)c(-c3ccccc3)nc12. The third-order valence-electron chi connectivity index (χ3n) is 4.15. The molecule has 3 aromatic rings. The van der Waals surface area contributed by atoms with Crippen LogP contribution in [0.5, 0.6) is 0 Å². The molecule has 8 heteroatoms. The van der Waals surface area contributed by atoms with Crippen molar-refractivity contribution >= 4 is 39.6 Å². The van der Waals surface area contributed by atoms with Gasteiger partial charge in [-0.25, -0.2) is 9.97 Å². The topological polar surface area (TPSA) is 83.2 Å². The Morgan fingerprint density at radius 3 is 2.46 bits per heavy atom. The summed E-state index contributed by atoms with van der Waals surface area (Å²) >= 11 is 4.68. The van der Waals surface area contributed by atoms with Gasteiger partial charge in [0.2, 0.25) is 0 Å². The first-order chi connectivity index (χ1) is 13.1. The maximum absolute atomic E-state index is 13.0. The molecule has 6 nitrogen and oxygen atoms in total. The summed E-state index contributed by atoms with van der Waals surface area (Å²) in [6, 6.07) is 10.9. The molecule has 0 spiro atoms. The molecule has 0 radical (unpaired) electrons. The van der Waals surface area contributed by atoms with Crippen LogP contribution in [0.3, 0.4) is 0 Å². The zero-order valence-electron chi connectivity index (χ0n) is 16.4. The molecule has 1 aromatic carbocycles. The molecule has 146 valence electrons. The predicted octanol–water partition coefficient (Wildman–Crippen LogP) is 3.92. The summed E-state index contributed by atoms with van der Waals surface area (Å²) in [5.41, 5.74) is 1.73. The lowest BCUT2D eigenvalue weighted by molar-refractivity contribution is 0.561. The molecule has 0 aliphatic carbocycles. The minimum atomic E-state index is -1.47. The third kappa shape index (κ3) is 3.97. The van der Waals surface area contributed by atoms with Gasteiger partial charge < -0.3 is 4.55 Å². The lowest BCUT2D eigenvalue weighted by Crippen LogP contribution is -2.27. The average Bonchev–Trinajstić information content (AvgIpc) is 2.64. The molecule has 2 heterocycles. The van der Waals surface area contributed by atoms with Crippen LogP contribution in [0.25, 0.3) is 22.3 Å². The largest absolute Gasteiger partial charge is 0.591 e. The van der Waals surface area contributed by atoms with Crippen molar-refractivity contribution in [2.45, 2.75) is 32.4 Å². The number of aromatic nitrogens is 3. The molecular weight excluding hydrogens is 396 g/mol. The number of hydrogen-bond donors (Lipinski definition) is 0. The van der Waals surface area contributed by atoms with E-state index in [-0.39, 0.29) is 10.7 Å². The summed E-state index contributed by atoms with van der Waals surface area (Å²) in [5.74, 6) is 0.508. The first kappa shape index (κ1) is 20.5. The number of hydrogen-bond acceptors (Lipinski definition) is 5. The van der Waals surface area contributed by atoms with Gasteiger partial charge in [0.15, 0.2) is 0 Å². The summed E-state index contributed by atoms with van der Waals surface area (Å²) in [6.07, 6.45) is 0. The van der Waals surface area contributed by atoms with E-state index in [1.165, 1.54) is 10.6 Å². The smallest absolute Gasteiger partial charge is 0.261 e. The maximum Gasteiger partial charge on any atom is 0.261 e. The summed E-state index contributed by atoms with van der Waals surface area (Å²) in [6.45, 7) is 7.21. The van der Waals surface area contributed by atoms with Gasteiger partial charge in [0.05, 0.1) is 5.39 Å². The minimum Gasteiger partial charge on any atom is -0.591 e. The molecule has 28 heavy (non-hydrogen) atoms. The first-order valence-electron chi connectivity index (χ1n) is 8.70. The Hall–Kier alpha value is -2.22. The molecular formula is C20H21ClN4O2S. The standard InChI is InChI=1S/C20H21ClN4O2S/c1-12(24-28(27)20(2,3)4)16-17-14(11-15(21)22-16)19(26)25(5)18(23-17)13-9-7-6-8-10-13/h6-11H,1-5H3. The number of fused-ring (bicyclic) bond motifs is 1. The van der Waals surface area contributed by atoms with E-state index in [1.807, 2.05) is 51.1 Å². The van der Waals surface area contributed by atoms with Gasteiger partial charge in [-0.1, -0.05) is 46.3 Å². The van der Waals surface area contributed by atoms with Gasteiger partial charge in [-0.3, -0.25) is 9.36 Å². The third-order valence-corrected chi connectivity index (χ3v) is 5.83. The van der Waals surface area contributed by atoms with Crippen LogP contribution in [-0.4, -0.2) is 29.5 Å². The van der Waals surface area contributed by atoms with Gasteiger partial charge in [-0.2, -0.15) is 0 Å². The van der Waals surface area contributed by atoms with Crippen molar-refractivity contribution in [1.82, 2.24) is 14.5 Å². The lowest BCUT2D eigenvalue weighted by Gasteiger charge is -2.19. The minimum absolute atomic E-state index is 0.157. The normalized spacial score (nSPS) is 13.8. The van der Waals surface area contributed by atoms with E-state index in [4.69, 9.17) is 16.6 Å². The van der Waals surface area contributed by atoms with Crippen LogP contribution in [0.15, 0.2) is 45.6 Å². The molecule has 0 aliphatic heterocycles. The van der Waals surface area contributed by atoms with Crippen LogP contribution in [0, 0.1) is 0 Å². The number of benzene rings is 1. The zero-order chi connectivity index (χ0) is 20.6. The van der Waals surface area contributed by atoms with Crippen LogP contribution in [0.4, 0.5) is 0 Å². The van der Waals surface area contributed by atoms with Crippen LogP contribution < -0.4 is 5.56 Å². The molecule has 0 bridgehead atoms. The second-order valence-corrected chi connectivity index (χ2v) is 9.69. The Morgan fingerprint density at radius 2 is 1.86 bits per heavy atom. The fourth-order valence-corrected chi connectivity index (χ4v) is 3.45. The predicted molar refractivity (Wildman–Crippen MR) is 115 cm³/mol. The van der Waals surface area contributed by atoms with E-state index < -0.39 is 16.1 Å². The van der Waals surface area contributed by atoms with Crippen molar-refractivity contribution in [1.29, 1.82) is 0 Å². The van der Waals surface area contributed by atoms with Crippen LogP contribution in [-0.2, 0) is 18.4 Å². The van der Waals surface area contributed by atoms with E-state index in [2.05, 4.69) is 9.38 Å². The molecule has 0 saturated heterocycles. The summed E-state index contributed by atoms with van der Waals surface area (Å²) in [7, 11) is 1.67. The molecule has 0 saturated carbocycles. The van der Waals surface area contributed by atoms with Crippen molar-refractivity contribution in [2.75, 3.05) is 0 Å². The van der Waals surface area contributed by atoms with Crippen molar-refractivity contribution in [3.05, 3.63) is 57.6 Å². The molecule has 0 N–H and O–H groups in total. The van der Waals surface area contributed by atoms with Crippen LogP contribution >= 0.6 is 11.6 Å². The van der Waals surface area contributed by atoms with Gasteiger partial charge in [0, 0.05) is 12.6 Å². The van der Waals surface area contributed by atoms with Gasteiger partial charge in [-0.15, -0.1) is 0 Å². The Balaban J connectivity index is 2.31. The summed E-state index contributed by atoms with van der Waals surface area (Å²) in [5, 5.41) is 0.498. The fraction of sp³-hybridized carbons (Fsp3) is 0.300. The molecule has 2 aromatic heterocycles. The van der Waals surface area contributed by atoms with E-state index in [1.54, 1.807) is 14.0 Å². The van der Waals surface area contributed by atoms with Gasteiger partial charge in [-0.05, 0) is 33.8 Å². The van der Waals surface area contributed by atoms with Crippen molar-refractivity contribution in [2.24, 2.45) is 11.4 Å². The Kier molecular flexibility index (Phi) is 5.61. The van der Waals surface area contributed by atoms with E-state index in [9.17, 15) is 9.35 Å². The number of halogens is 1. The second-order valence-electron chi connectivity index (χ2n) is 7.39. The van der Waals surface area contributed by atoms with E-state index in [0.29, 0.717) is 28.1 Å². The molecule has 0 fully saturated rings. The summed E-state index contributed by atoms with van der Waals surface area (Å²) < 4.78 is 17.7. The quantitative estimate of drug-likeness (QED) is 0.368. The average molecular weight is 417 g/mol. The molecule has 0 aliphatic rings. The Morgan fingerprint density at radius 1 is 1.21 bits per heavy atom. The highest BCUT2D eigenvalue weighted by Crippen LogP contribution is 2.24. The van der Waals surface area contributed by atoms with E-state index >= 15 is 0 Å². The molecule has 0 amide bonds. The molecule has 3 rings (SSSR count).